The minimum absolute atomic E-state index is 0.112. The summed E-state index contributed by atoms with van der Waals surface area (Å²) in [4.78, 5) is 22.1. The van der Waals surface area contributed by atoms with Gasteiger partial charge in [-0.2, -0.15) is 0 Å². The molecule has 1 aromatic heterocycles. The largest absolute Gasteiger partial charge is 0.467 e. The molecule has 1 heterocycles. The van der Waals surface area contributed by atoms with Crippen LogP contribution in [0, 0.1) is 0 Å². The maximum Gasteiger partial charge on any atom is 0.313 e. The van der Waals surface area contributed by atoms with Crippen molar-refractivity contribution in [3.63, 3.8) is 0 Å². The molecule has 0 saturated heterocycles. The van der Waals surface area contributed by atoms with Crippen molar-refractivity contribution in [2.75, 3.05) is 13.2 Å². The van der Waals surface area contributed by atoms with Gasteiger partial charge in [0.05, 0.1) is 12.9 Å². The summed E-state index contributed by atoms with van der Waals surface area (Å²) in [5, 5.41) is 0. The number of hydrogen-bond donors (Lipinski definition) is 0. The topological polar surface area (TPSA) is 65.7 Å². The van der Waals surface area contributed by atoms with Gasteiger partial charge in [0.2, 0.25) is 0 Å². The molecule has 0 amide bonds. The van der Waals surface area contributed by atoms with E-state index in [1.807, 2.05) is 0 Å². The fourth-order valence-corrected chi connectivity index (χ4v) is 1.08. The van der Waals surface area contributed by atoms with E-state index in [9.17, 15) is 9.59 Å². The number of esters is 1. The maximum atomic E-state index is 11.2. The van der Waals surface area contributed by atoms with Crippen LogP contribution in [0.15, 0.2) is 22.8 Å². The van der Waals surface area contributed by atoms with Crippen molar-refractivity contribution < 1.29 is 23.5 Å². The molecule has 1 aromatic rings. The molecular formula is C11H14O5. The van der Waals surface area contributed by atoms with Crippen LogP contribution in [0.1, 0.15) is 19.1 Å². The Kier molecular flexibility index (Phi) is 5.28. The van der Waals surface area contributed by atoms with Crippen molar-refractivity contribution >= 4 is 11.8 Å². The maximum absolute atomic E-state index is 11.2. The average molecular weight is 226 g/mol. The van der Waals surface area contributed by atoms with Crippen LogP contribution in [0.4, 0.5) is 0 Å². The normalized spacial score (nSPS) is 10.1. The first-order valence-corrected chi connectivity index (χ1v) is 4.99. The van der Waals surface area contributed by atoms with E-state index in [4.69, 9.17) is 9.15 Å². The quantitative estimate of drug-likeness (QED) is 0.518. The molecule has 0 bridgehead atoms. The minimum atomic E-state index is -0.519. The van der Waals surface area contributed by atoms with Gasteiger partial charge in [-0.1, -0.05) is 0 Å². The second kappa shape index (κ2) is 6.79. The lowest BCUT2D eigenvalue weighted by atomic mass is 10.3. The van der Waals surface area contributed by atoms with Gasteiger partial charge < -0.3 is 13.9 Å². The third-order valence-corrected chi connectivity index (χ3v) is 1.73. The standard InChI is InChI=1S/C11H14O5/c1-2-15-11(13)6-9(12)7-14-8-10-4-3-5-16-10/h3-5H,2,6-8H2,1H3. The van der Waals surface area contributed by atoms with Gasteiger partial charge in [0.25, 0.3) is 0 Å². The third kappa shape index (κ3) is 4.75. The summed E-state index contributed by atoms with van der Waals surface area (Å²) in [5.74, 6) is -0.178. The molecule has 0 N–H and O–H groups in total. The lowest BCUT2D eigenvalue weighted by Gasteiger charge is -2.02. The SMILES string of the molecule is CCOC(=O)CC(=O)COCc1ccco1. The summed E-state index contributed by atoms with van der Waals surface area (Å²) in [6.07, 6.45) is 1.28. The smallest absolute Gasteiger partial charge is 0.313 e. The van der Waals surface area contributed by atoms with Crippen molar-refractivity contribution in [2.45, 2.75) is 20.0 Å². The van der Waals surface area contributed by atoms with Gasteiger partial charge in [0, 0.05) is 0 Å². The van der Waals surface area contributed by atoms with E-state index in [1.165, 1.54) is 6.26 Å². The van der Waals surface area contributed by atoms with E-state index in [0.29, 0.717) is 5.76 Å². The Labute approximate surface area is 93.3 Å². The van der Waals surface area contributed by atoms with Crippen LogP contribution < -0.4 is 0 Å². The molecule has 0 unspecified atom stereocenters. The zero-order chi connectivity index (χ0) is 11.8. The first kappa shape index (κ1) is 12.4. The summed E-state index contributed by atoms with van der Waals surface area (Å²) in [6, 6.07) is 3.48. The molecule has 0 fully saturated rings. The van der Waals surface area contributed by atoms with Crippen molar-refractivity contribution in [3.05, 3.63) is 24.2 Å². The Hall–Kier alpha value is -1.62. The first-order chi connectivity index (χ1) is 7.72. The number of carbonyl (C=O) groups is 2. The van der Waals surface area contributed by atoms with Gasteiger partial charge in [0.15, 0.2) is 5.78 Å². The molecule has 0 radical (unpaired) electrons. The fourth-order valence-electron chi connectivity index (χ4n) is 1.08. The number of Topliss-reactive ketones (excluding diaryl/α,β-unsaturated/α-hetero) is 1. The average Bonchev–Trinajstić information content (AvgIpc) is 2.70. The molecule has 88 valence electrons. The predicted molar refractivity (Wildman–Crippen MR) is 54.6 cm³/mol. The second-order valence-electron chi connectivity index (χ2n) is 3.09. The van der Waals surface area contributed by atoms with E-state index in [0.717, 1.165) is 0 Å². The summed E-state index contributed by atoms with van der Waals surface area (Å²) in [6.45, 7) is 2.08. The highest BCUT2D eigenvalue weighted by Crippen LogP contribution is 2.01. The number of rotatable bonds is 7. The lowest BCUT2D eigenvalue weighted by molar-refractivity contribution is -0.146. The Bertz CT molecular complexity index is 328. The highest BCUT2D eigenvalue weighted by atomic mass is 16.5. The number of carbonyl (C=O) groups excluding carboxylic acids is 2. The van der Waals surface area contributed by atoms with Crippen LogP contribution in [-0.2, 0) is 25.7 Å². The van der Waals surface area contributed by atoms with Gasteiger partial charge in [-0.15, -0.1) is 0 Å². The van der Waals surface area contributed by atoms with Crippen LogP contribution in [0.25, 0.3) is 0 Å². The molecule has 5 nitrogen and oxygen atoms in total. The Morgan fingerprint density at radius 2 is 2.25 bits per heavy atom. The Morgan fingerprint density at radius 1 is 1.44 bits per heavy atom. The van der Waals surface area contributed by atoms with Crippen LogP contribution in [0.2, 0.25) is 0 Å². The van der Waals surface area contributed by atoms with Gasteiger partial charge in [-0.25, -0.2) is 0 Å². The van der Waals surface area contributed by atoms with E-state index < -0.39 is 5.97 Å². The number of hydrogen-bond acceptors (Lipinski definition) is 5. The summed E-state index contributed by atoms with van der Waals surface area (Å²) in [7, 11) is 0. The zero-order valence-corrected chi connectivity index (χ0v) is 9.10. The molecule has 0 aliphatic rings. The zero-order valence-electron chi connectivity index (χ0n) is 9.10. The van der Waals surface area contributed by atoms with Crippen LogP contribution in [0.3, 0.4) is 0 Å². The summed E-state index contributed by atoms with van der Waals surface area (Å²) in [5.41, 5.74) is 0. The number of ketones is 1. The summed E-state index contributed by atoms with van der Waals surface area (Å²) < 4.78 is 14.7. The van der Waals surface area contributed by atoms with E-state index in [1.54, 1.807) is 19.1 Å². The van der Waals surface area contributed by atoms with Gasteiger partial charge in [0.1, 0.15) is 25.4 Å². The van der Waals surface area contributed by atoms with Gasteiger partial charge in [-0.05, 0) is 19.1 Å². The summed E-state index contributed by atoms with van der Waals surface area (Å²) >= 11 is 0. The molecule has 5 heteroatoms. The molecule has 1 rings (SSSR count). The van der Waals surface area contributed by atoms with Gasteiger partial charge >= 0.3 is 5.97 Å². The Balaban J connectivity index is 2.13. The lowest BCUT2D eigenvalue weighted by Crippen LogP contribution is -2.15. The van der Waals surface area contributed by atoms with Crippen molar-refractivity contribution in [1.29, 1.82) is 0 Å². The van der Waals surface area contributed by atoms with Crippen molar-refractivity contribution in [2.24, 2.45) is 0 Å². The van der Waals surface area contributed by atoms with Crippen molar-refractivity contribution in [3.8, 4) is 0 Å². The molecule has 0 saturated carbocycles. The molecule has 0 atom stereocenters. The highest BCUT2D eigenvalue weighted by molar-refractivity contribution is 5.96. The Morgan fingerprint density at radius 3 is 2.88 bits per heavy atom. The van der Waals surface area contributed by atoms with Crippen LogP contribution in [-0.4, -0.2) is 25.0 Å². The monoisotopic (exact) mass is 226 g/mol. The number of furan rings is 1. The molecule has 16 heavy (non-hydrogen) atoms. The van der Waals surface area contributed by atoms with Crippen LogP contribution >= 0.6 is 0 Å². The molecule has 0 spiro atoms. The van der Waals surface area contributed by atoms with E-state index >= 15 is 0 Å². The fraction of sp³-hybridized carbons (Fsp3) is 0.455. The van der Waals surface area contributed by atoms with Gasteiger partial charge in [-0.3, -0.25) is 9.59 Å². The third-order valence-electron chi connectivity index (χ3n) is 1.73. The molecular weight excluding hydrogens is 212 g/mol. The van der Waals surface area contributed by atoms with Crippen molar-refractivity contribution in [1.82, 2.24) is 0 Å². The second-order valence-corrected chi connectivity index (χ2v) is 3.09. The molecule has 0 aromatic carbocycles. The predicted octanol–water partition coefficient (Wildman–Crippen LogP) is 1.32. The number of ether oxygens (including phenoxy) is 2. The first-order valence-electron chi connectivity index (χ1n) is 4.99. The minimum Gasteiger partial charge on any atom is -0.467 e. The highest BCUT2D eigenvalue weighted by Gasteiger charge is 2.10. The van der Waals surface area contributed by atoms with E-state index in [-0.39, 0.29) is 32.0 Å². The molecule has 0 aliphatic heterocycles. The molecule has 0 aliphatic carbocycles. The van der Waals surface area contributed by atoms with E-state index in [2.05, 4.69) is 4.74 Å². The van der Waals surface area contributed by atoms with Crippen LogP contribution in [0.5, 0.6) is 0 Å².